The summed E-state index contributed by atoms with van der Waals surface area (Å²) in [6.45, 7) is 3.00. The smallest absolute Gasteiger partial charge is 0.306 e. The van der Waals surface area contributed by atoms with E-state index >= 15 is 0 Å². The summed E-state index contributed by atoms with van der Waals surface area (Å²) in [5, 5.41) is 9.97. The van der Waals surface area contributed by atoms with E-state index in [4.69, 9.17) is 9.52 Å². The second-order valence-corrected chi connectivity index (χ2v) is 6.74. The van der Waals surface area contributed by atoms with Crippen LogP contribution in [0.4, 0.5) is 0 Å². The molecule has 2 aromatic rings. The molecule has 23 heavy (non-hydrogen) atoms. The number of benzene rings is 1. The number of hydrogen-bond acceptors (Lipinski definition) is 3. The molecule has 1 aromatic heterocycles. The first-order valence-corrected chi connectivity index (χ1v) is 8.43. The molecular formula is C17H18BrNO4. The summed E-state index contributed by atoms with van der Waals surface area (Å²) in [5.74, 6) is -1.09. The topological polar surface area (TPSA) is 70.8 Å². The molecule has 1 saturated heterocycles. The number of aliphatic carboxylic acids is 1. The van der Waals surface area contributed by atoms with Crippen LogP contribution in [-0.2, 0) is 16.0 Å². The minimum atomic E-state index is -0.768. The monoisotopic (exact) mass is 379 g/mol. The van der Waals surface area contributed by atoms with Crippen molar-refractivity contribution < 1.29 is 19.1 Å². The predicted octanol–water partition coefficient (Wildman–Crippen LogP) is 3.37. The second kappa shape index (κ2) is 6.35. The van der Waals surface area contributed by atoms with Gasteiger partial charge in [-0.05, 0) is 47.3 Å². The van der Waals surface area contributed by atoms with Gasteiger partial charge in [0, 0.05) is 24.0 Å². The fourth-order valence-corrected chi connectivity index (χ4v) is 3.56. The maximum atomic E-state index is 12.5. The van der Waals surface area contributed by atoms with Gasteiger partial charge < -0.3 is 14.4 Å². The molecule has 0 radical (unpaired) electrons. The highest BCUT2D eigenvalue weighted by atomic mass is 79.9. The van der Waals surface area contributed by atoms with Crippen molar-refractivity contribution in [2.75, 3.05) is 13.1 Å². The Hall–Kier alpha value is -1.82. The molecule has 0 spiro atoms. The zero-order chi connectivity index (χ0) is 16.6. The number of halogens is 1. The van der Waals surface area contributed by atoms with Crippen molar-refractivity contribution in [3.8, 4) is 0 Å². The fourth-order valence-electron chi connectivity index (χ4n) is 3.03. The largest absolute Gasteiger partial charge is 0.481 e. The second-order valence-electron chi connectivity index (χ2n) is 6.02. The van der Waals surface area contributed by atoms with Crippen LogP contribution >= 0.6 is 15.9 Å². The Morgan fingerprint density at radius 3 is 2.70 bits per heavy atom. The summed E-state index contributed by atoms with van der Waals surface area (Å²) in [7, 11) is 0. The van der Waals surface area contributed by atoms with Gasteiger partial charge in [-0.3, -0.25) is 9.59 Å². The Kier molecular flexibility index (Phi) is 4.43. The van der Waals surface area contributed by atoms with E-state index in [2.05, 4.69) is 15.9 Å². The highest BCUT2D eigenvalue weighted by Gasteiger charge is 2.28. The third-order valence-electron chi connectivity index (χ3n) is 4.42. The molecule has 0 atom stereocenters. The van der Waals surface area contributed by atoms with E-state index in [9.17, 15) is 9.59 Å². The fraction of sp³-hybridized carbons (Fsp3) is 0.412. The van der Waals surface area contributed by atoms with Gasteiger partial charge in [-0.1, -0.05) is 12.1 Å². The van der Waals surface area contributed by atoms with Crippen LogP contribution in [0.2, 0.25) is 0 Å². The first-order chi connectivity index (χ1) is 11.0. The molecule has 0 saturated carbocycles. The van der Waals surface area contributed by atoms with Crippen LogP contribution in [0.15, 0.2) is 27.3 Å². The zero-order valence-corrected chi connectivity index (χ0v) is 14.4. The highest BCUT2D eigenvalue weighted by Crippen LogP contribution is 2.31. The lowest BCUT2D eigenvalue weighted by atomic mass is 9.96. The number of fused-ring (bicyclic) bond motifs is 1. The number of carbonyl (C=O) groups excluding carboxylic acids is 1. The van der Waals surface area contributed by atoms with E-state index in [1.165, 1.54) is 0 Å². The molecule has 122 valence electrons. The summed E-state index contributed by atoms with van der Waals surface area (Å²) >= 11 is 3.40. The van der Waals surface area contributed by atoms with Crippen molar-refractivity contribution in [1.29, 1.82) is 0 Å². The van der Waals surface area contributed by atoms with Gasteiger partial charge in [-0.15, -0.1) is 0 Å². The number of rotatable bonds is 3. The van der Waals surface area contributed by atoms with Gasteiger partial charge >= 0.3 is 5.97 Å². The van der Waals surface area contributed by atoms with E-state index in [0.717, 1.165) is 22.1 Å². The molecular weight excluding hydrogens is 362 g/mol. The number of carbonyl (C=O) groups is 2. The SMILES string of the molecule is Cc1ccc2c(CC(=O)N3CCC(C(=O)O)CC3)c(Br)oc2c1. The van der Waals surface area contributed by atoms with Crippen LogP contribution in [0.1, 0.15) is 24.0 Å². The van der Waals surface area contributed by atoms with E-state index < -0.39 is 5.97 Å². The number of carboxylic acids is 1. The molecule has 1 aliphatic rings. The Bertz CT molecular complexity index is 759. The molecule has 1 amide bonds. The van der Waals surface area contributed by atoms with E-state index in [1.54, 1.807) is 4.90 Å². The van der Waals surface area contributed by atoms with Crippen molar-refractivity contribution in [2.24, 2.45) is 5.92 Å². The maximum absolute atomic E-state index is 12.5. The van der Waals surface area contributed by atoms with Crippen molar-refractivity contribution >= 4 is 38.8 Å². The summed E-state index contributed by atoms with van der Waals surface area (Å²) < 4.78 is 6.27. The number of aryl methyl sites for hydroxylation is 1. The third kappa shape index (κ3) is 3.27. The average molecular weight is 380 g/mol. The molecule has 1 fully saturated rings. The first kappa shape index (κ1) is 16.1. The maximum Gasteiger partial charge on any atom is 0.306 e. The van der Waals surface area contributed by atoms with E-state index in [1.807, 2.05) is 25.1 Å². The van der Waals surface area contributed by atoms with Gasteiger partial charge in [0.15, 0.2) is 4.67 Å². The molecule has 1 aromatic carbocycles. The lowest BCUT2D eigenvalue weighted by Crippen LogP contribution is -2.41. The van der Waals surface area contributed by atoms with Crippen LogP contribution in [0.3, 0.4) is 0 Å². The normalized spacial score (nSPS) is 16.0. The predicted molar refractivity (Wildman–Crippen MR) is 89.3 cm³/mol. The molecule has 6 heteroatoms. The number of hydrogen-bond donors (Lipinski definition) is 1. The van der Waals surface area contributed by atoms with E-state index in [0.29, 0.717) is 30.6 Å². The van der Waals surface area contributed by atoms with Crippen molar-refractivity contribution in [3.05, 3.63) is 34.0 Å². The minimum absolute atomic E-state index is 0.0119. The lowest BCUT2D eigenvalue weighted by Gasteiger charge is -2.30. The molecule has 1 N–H and O–H groups in total. The van der Waals surface area contributed by atoms with E-state index in [-0.39, 0.29) is 18.2 Å². The summed E-state index contributed by atoms with van der Waals surface area (Å²) in [6.07, 6.45) is 1.30. The summed E-state index contributed by atoms with van der Waals surface area (Å²) in [6, 6.07) is 5.92. The minimum Gasteiger partial charge on any atom is -0.481 e. The van der Waals surface area contributed by atoms with Gasteiger partial charge in [-0.25, -0.2) is 0 Å². The van der Waals surface area contributed by atoms with Crippen molar-refractivity contribution in [2.45, 2.75) is 26.2 Å². The Balaban J connectivity index is 1.74. The van der Waals surface area contributed by atoms with Gasteiger partial charge in [0.1, 0.15) is 5.58 Å². The number of piperidine rings is 1. The number of nitrogens with zero attached hydrogens (tertiary/aromatic N) is 1. The van der Waals surface area contributed by atoms with Crippen LogP contribution < -0.4 is 0 Å². The molecule has 0 unspecified atom stereocenters. The van der Waals surface area contributed by atoms with Crippen LogP contribution in [-0.4, -0.2) is 35.0 Å². The highest BCUT2D eigenvalue weighted by molar-refractivity contribution is 9.10. The average Bonchev–Trinajstić information content (AvgIpc) is 2.82. The Morgan fingerprint density at radius 1 is 1.35 bits per heavy atom. The molecule has 1 aliphatic heterocycles. The number of likely N-dealkylation sites (tertiary alicyclic amines) is 1. The van der Waals surface area contributed by atoms with Gasteiger partial charge in [0.2, 0.25) is 5.91 Å². The Labute approximate surface area is 142 Å². The molecule has 3 rings (SSSR count). The van der Waals surface area contributed by atoms with Crippen LogP contribution in [0.25, 0.3) is 11.0 Å². The summed E-state index contributed by atoms with van der Waals surface area (Å²) in [5.41, 5.74) is 2.72. The first-order valence-electron chi connectivity index (χ1n) is 7.64. The quantitative estimate of drug-likeness (QED) is 0.887. The number of furan rings is 1. The molecule has 0 aliphatic carbocycles. The molecule has 5 nitrogen and oxygen atoms in total. The lowest BCUT2D eigenvalue weighted by molar-refractivity contribution is -0.145. The Morgan fingerprint density at radius 2 is 2.04 bits per heavy atom. The van der Waals surface area contributed by atoms with Crippen LogP contribution in [0.5, 0.6) is 0 Å². The number of amides is 1. The van der Waals surface area contributed by atoms with Gasteiger partial charge in [-0.2, -0.15) is 0 Å². The van der Waals surface area contributed by atoms with Gasteiger partial charge in [0.25, 0.3) is 0 Å². The summed E-state index contributed by atoms with van der Waals surface area (Å²) in [4.78, 5) is 25.3. The van der Waals surface area contributed by atoms with Crippen molar-refractivity contribution in [3.63, 3.8) is 0 Å². The van der Waals surface area contributed by atoms with Crippen molar-refractivity contribution in [1.82, 2.24) is 4.90 Å². The van der Waals surface area contributed by atoms with Gasteiger partial charge in [0.05, 0.1) is 12.3 Å². The molecule has 0 bridgehead atoms. The molecule has 2 heterocycles. The standard InChI is InChI=1S/C17H18BrNO4/c1-10-2-3-12-13(16(18)23-14(12)8-10)9-15(20)19-6-4-11(5-7-19)17(21)22/h2-3,8,11H,4-7,9H2,1H3,(H,21,22). The third-order valence-corrected chi connectivity index (χ3v) is 5.06. The zero-order valence-electron chi connectivity index (χ0n) is 12.8. The number of carboxylic acid groups (broad SMARTS) is 1. The van der Waals surface area contributed by atoms with Crippen LogP contribution in [0, 0.1) is 12.8 Å².